The van der Waals surface area contributed by atoms with Gasteiger partial charge in [0.15, 0.2) is 0 Å². The normalized spacial score (nSPS) is 21.0. The van der Waals surface area contributed by atoms with Crippen LogP contribution in [0.25, 0.3) is 0 Å². The molecule has 3 rings (SSSR count). The number of hydrogen-bond donors (Lipinski definition) is 1. The predicted molar refractivity (Wildman–Crippen MR) is 110 cm³/mol. The summed E-state index contributed by atoms with van der Waals surface area (Å²) in [6.45, 7) is 7.63. The van der Waals surface area contributed by atoms with Crippen LogP contribution in [0.3, 0.4) is 0 Å². The van der Waals surface area contributed by atoms with Crippen LogP contribution in [-0.2, 0) is 14.8 Å². The second-order valence-electron chi connectivity index (χ2n) is 7.52. The maximum atomic E-state index is 12.9. The van der Waals surface area contributed by atoms with Gasteiger partial charge in [-0.15, -0.1) is 0 Å². The molecule has 0 aromatic heterocycles. The molecule has 2 fully saturated rings. The minimum Gasteiger partial charge on any atom is -0.379 e. The molecule has 0 spiro atoms. The van der Waals surface area contributed by atoms with Gasteiger partial charge in [0.25, 0.3) is 5.69 Å². The van der Waals surface area contributed by atoms with Gasteiger partial charge in [-0.25, -0.2) is 8.42 Å². The van der Waals surface area contributed by atoms with Crippen molar-refractivity contribution < 1.29 is 18.1 Å². The number of likely N-dealkylation sites (N-methyl/N-ethyl adjacent to an activating group) is 1. The van der Waals surface area contributed by atoms with Gasteiger partial charge >= 0.3 is 0 Å². The molecule has 11 heteroatoms. The van der Waals surface area contributed by atoms with Gasteiger partial charge in [0.1, 0.15) is 5.69 Å². The van der Waals surface area contributed by atoms with Crippen LogP contribution in [0.1, 0.15) is 6.92 Å². The summed E-state index contributed by atoms with van der Waals surface area (Å²) in [6, 6.07) is 4.28. The number of nitrogens with one attached hydrogen (secondary N) is 1. The Labute approximate surface area is 171 Å². The number of ether oxygens (including phenoxy) is 1. The molecule has 2 aliphatic heterocycles. The Hall–Kier alpha value is -1.79. The van der Waals surface area contributed by atoms with Crippen LogP contribution in [0.2, 0.25) is 0 Å². The molecule has 2 aliphatic rings. The molecule has 10 nitrogen and oxygen atoms in total. The van der Waals surface area contributed by atoms with Crippen molar-refractivity contribution in [2.75, 3.05) is 71.4 Å². The molecule has 1 atom stereocenters. The number of sulfonamides is 1. The Kier molecular flexibility index (Phi) is 7.06. The van der Waals surface area contributed by atoms with E-state index in [1.807, 2.05) is 7.05 Å². The van der Waals surface area contributed by atoms with Gasteiger partial charge in [-0.1, -0.05) is 0 Å². The number of nitro groups is 1. The number of anilines is 1. The topological polar surface area (TPSA) is 108 Å². The minimum absolute atomic E-state index is 0.0412. The second kappa shape index (κ2) is 9.35. The maximum Gasteiger partial charge on any atom is 0.293 e. The van der Waals surface area contributed by atoms with E-state index in [0.717, 1.165) is 19.2 Å². The molecule has 1 aromatic carbocycles. The third kappa shape index (κ3) is 5.23. The summed E-state index contributed by atoms with van der Waals surface area (Å²) in [5.74, 6) is 0. The molecule has 1 unspecified atom stereocenters. The van der Waals surface area contributed by atoms with Crippen molar-refractivity contribution in [3.8, 4) is 0 Å². The van der Waals surface area contributed by atoms with Crippen molar-refractivity contribution >= 4 is 21.4 Å². The van der Waals surface area contributed by atoms with Gasteiger partial charge in [0.05, 0.1) is 23.0 Å². The maximum absolute atomic E-state index is 12.9. The summed E-state index contributed by atoms with van der Waals surface area (Å²) in [5, 5.41) is 14.7. The molecule has 29 heavy (non-hydrogen) atoms. The Morgan fingerprint density at radius 2 is 1.83 bits per heavy atom. The van der Waals surface area contributed by atoms with Crippen LogP contribution in [0.4, 0.5) is 11.4 Å². The van der Waals surface area contributed by atoms with Gasteiger partial charge in [-0.05, 0) is 26.1 Å². The van der Waals surface area contributed by atoms with E-state index in [2.05, 4.69) is 22.0 Å². The number of piperazine rings is 1. The lowest BCUT2D eigenvalue weighted by Crippen LogP contribution is -2.47. The average molecular weight is 428 g/mol. The molecule has 0 radical (unpaired) electrons. The first-order valence-electron chi connectivity index (χ1n) is 9.82. The van der Waals surface area contributed by atoms with Crippen molar-refractivity contribution in [1.29, 1.82) is 0 Å². The van der Waals surface area contributed by atoms with E-state index in [1.165, 1.54) is 16.4 Å². The van der Waals surface area contributed by atoms with Crippen molar-refractivity contribution in [3.63, 3.8) is 0 Å². The Morgan fingerprint density at radius 1 is 1.17 bits per heavy atom. The molecule has 1 aromatic rings. The first-order chi connectivity index (χ1) is 13.8. The smallest absolute Gasteiger partial charge is 0.293 e. The van der Waals surface area contributed by atoms with Crippen molar-refractivity contribution in [3.05, 3.63) is 28.3 Å². The number of hydrogen-bond acceptors (Lipinski definition) is 8. The van der Waals surface area contributed by atoms with Crippen LogP contribution >= 0.6 is 0 Å². The number of nitrogens with zero attached hydrogens (tertiary/aromatic N) is 4. The zero-order valence-electron chi connectivity index (χ0n) is 16.9. The van der Waals surface area contributed by atoms with Crippen LogP contribution in [0.15, 0.2) is 23.1 Å². The number of nitro benzene ring substituents is 1. The van der Waals surface area contributed by atoms with Gasteiger partial charge < -0.3 is 15.0 Å². The monoisotopic (exact) mass is 427 g/mol. The summed E-state index contributed by atoms with van der Waals surface area (Å²) in [7, 11) is -1.82. The molecular weight excluding hydrogens is 398 g/mol. The average Bonchev–Trinajstić information content (AvgIpc) is 2.72. The summed E-state index contributed by atoms with van der Waals surface area (Å²) < 4.78 is 32.5. The molecule has 0 bridgehead atoms. The van der Waals surface area contributed by atoms with Crippen LogP contribution in [0, 0.1) is 10.1 Å². The largest absolute Gasteiger partial charge is 0.379 e. The first kappa shape index (κ1) is 21.9. The highest BCUT2D eigenvalue weighted by Crippen LogP contribution is 2.29. The Morgan fingerprint density at radius 3 is 2.45 bits per heavy atom. The lowest BCUT2D eigenvalue weighted by atomic mass is 10.2. The minimum atomic E-state index is -3.75. The van der Waals surface area contributed by atoms with Crippen LogP contribution in [-0.4, -0.2) is 99.6 Å². The standard InChI is InChI=1S/C18H29N5O5S/c1-15(21-9-11-28-12-10-21)14-19-17-4-3-16(13-18(17)23(24)25)29(26,27)22-7-5-20(2)6-8-22/h3-4,13,15,19H,5-12,14H2,1-2H3. The van der Waals surface area contributed by atoms with Gasteiger partial charge in [0.2, 0.25) is 10.0 Å². The van der Waals surface area contributed by atoms with E-state index >= 15 is 0 Å². The van der Waals surface area contributed by atoms with Crippen LogP contribution < -0.4 is 5.32 Å². The fraction of sp³-hybridized carbons (Fsp3) is 0.667. The van der Waals surface area contributed by atoms with E-state index < -0.39 is 14.9 Å². The lowest BCUT2D eigenvalue weighted by molar-refractivity contribution is -0.384. The molecule has 0 aliphatic carbocycles. The van der Waals surface area contributed by atoms with Gasteiger partial charge in [-0.3, -0.25) is 15.0 Å². The fourth-order valence-corrected chi connectivity index (χ4v) is 5.00. The third-order valence-corrected chi connectivity index (χ3v) is 7.42. The molecule has 0 amide bonds. The van der Waals surface area contributed by atoms with Crippen LogP contribution in [0.5, 0.6) is 0 Å². The summed E-state index contributed by atoms with van der Waals surface area (Å²) in [5.41, 5.74) is 0.0989. The molecule has 0 saturated carbocycles. The third-order valence-electron chi connectivity index (χ3n) is 5.52. The van der Waals surface area contributed by atoms with E-state index in [0.29, 0.717) is 51.6 Å². The van der Waals surface area contributed by atoms with Gasteiger partial charge in [0, 0.05) is 57.9 Å². The van der Waals surface area contributed by atoms with E-state index in [4.69, 9.17) is 4.74 Å². The molecule has 2 heterocycles. The number of morpholine rings is 1. The highest BCUT2D eigenvalue weighted by Gasteiger charge is 2.30. The Balaban J connectivity index is 1.73. The van der Waals surface area contributed by atoms with Crippen molar-refractivity contribution in [2.24, 2.45) is 0 Å². The summed E-state index contributed by atoms with van der Waals surface area (Å²) in [4.78, 5) is 15.3. The first-order valence-corrected chi connectivity index (χ1v) is 11.3. The van der Waals surface area contributed by atoms with Gasteiger partial charge in [-0.2, -0.15) is 4.31 Å². The fourth-order valence-electron chi connectivity index (χ4n) is 3.55. The van der Waals surface area contributed by atoms with E-state index in [-0.39, 0.29) is 16.6 Å². The zero-order chi connectivity index (χ0) is 21.0. The second-order valence-corrected chi connectivity index (χ2v) is 9.46. The summed E-state index contributed by atoms with van der Waals surface area (Å²) in [6.07, 6.45) is 0. The predicted octanol–water partition coefficient (Wildman–Crippen LogP) is 0.664. The highest BCUT2D eigenvalue weighted by molar-refractivity contribution is 7.89. The van der Waals surface area contributed by atoms with Crippen molar-refractivity contribution in [1.82, 2.24) is 14.1 Å². The quantitative estimate of drug-likeness (QED) is 0.500. The SMILES string of the molecule is CC(CNc1ccc(S(=O)(=O)N2CCN(C)CC2)cc1[N+](=O)[O-])N1CCOCC1. The molecule has 1 N–H and O–H groups in total. The van der Waals surface area contributed by atoms with E-state index in [1.54, 1.807) is 0 Å². The van der Waals surface area contributed by atoms with E-state index in [9.17, 15) is 18.5 Å². The Bertz CT molecular complexity index is 820. The summed E-state index contributed by atoms with van der Waals surface area (Å²) >= 11 is 0. The molecule has 162 valence electrons. The zero-order valence-corrected chi connectivity index (χ0v) is 17.7. The molecular formula is C18H29N5O5S. The number of benzene rings is 1. The number of rotatable bonds is 7. The molecule has 2 saturated heterocycles. The highest BCUT2D eigenvalue weighted by atomic mass is 32.2. The van der Waals surface area contributed by atoms with Crippen molar-refractivity contribution in [2.45, 2.75) is 17.9 Å². The lowest BCUT2D eigenvalue weighted by Gasteiger charge is -2.32.